The first-order valence-electron chi connectivity index (χ1n) is 4.43. The third kappa shape index (κ3) is 1.19. The van der Waals surface area contributed by atoms with Gasteiger partial charge in [0.1, 0.15) is 18.2 Å². The van der Waals surface area contributed by atoms with E-state index in [9.17, 15) is 0 Å². The molecule has 4 heteroatoms. The molecule has 0 amide bonds. The van der Waals surface area contributed by atoms with Crippen LogP contribution in [0.5, 0.6) is 5.75 Å². The molecule has 1 unspecified atom stereocenters. The van der Waals surface area contributed by atoms with Crippen LogP contribution in [0.15, 0.2) is 34.5 Å². The highest BCUT2D eigenvalue weighted by Crippen LogP contribution is 2.35. The smallest absolute Gasteiger partial charge is 0.181 e. The number of fused-ring (bicyclic) bond motifs is 1. The van der Waals surface area contributed by atoms with Crippen molar-refractivity contribution in [2.24, 2.45) is 0 Å². The minimum atomic E-state index is 0.111. The molecule has 0 spiro atoms. The Kier molecular flexibility index (Phi) is 1.73. The largest absolute Gasteiger partial charge is 0.477 e. The van der Waals surface area contributed by atoms with Crippen LogP contribution in [-0.2, 0) is 0 Å². The number of nitrogens with one attached hydrogen (secondary N) is 1. The van der Waals surface area contributed by atoms with Gasteiger partial charge in [-0.15, -0.1) is 11.3 Å². The monoisotopic (exact) mass is 207 g/mol. The fourth-order valence-electron chi connectivity index (χ4n) is 1.54. The fraction of sp³-hybridized carbons (Fsp3) is 0.200. The second-order valence-corrected chi connectivity index (χ2v) is 4.13. The van der Waals surface area contributed by atoms with Gasteiger partial charge in [0.05, 0.1) is 6.54 Å². The minimum Gasteiger partial charge on any atom is -0.477 e. The third-order valence-electron chi connectivity index (χ3n) is 2.23. The van der Waals surface area contributed by atoms with Gasteiger partial charge in [-0.05, 0) is 11.4 Å². The zero-order valence-corrected chi connectivity index (χ0v) is 8.21. The summed E-state index contributed by atoms with van der Waals surface area (Å²) in [6, 6.07) is 4.12. The number of hydrogen-bond acceptors (Lipinski definition) is 4. The molecule has 3 nitrogen and oxygen atoms in total. The van der Waals surface area contributed by atoms with Crippen LogP contribution in [0.4, 0.5) is 5.69 Å². The van der Waals surface area contributed by atoms with Crippen molar-refractivity contribution in [3.63, 3.8) is 0 Å². The highest BCUT2D eigenvalue weighted by atomic mass is 32.1. The molecule has 0 saturated heterocycles. The summed E-state index contributed by atoms with van der Waals surface area (Å²) >= 11 is 1.71. The number of thiophene rings is 1. The van der Waals surface area contributed by atoms with E-state index in [0.29, 0.717) is 0 Å². The van der Waals surface area contributed by atoms with Crippen molar-refractivity contribution in [3.8, 4) is 5.75 Å². The van der Waals surface area contributed by atoms with Crippen molar-refractivity contribution < 1.29 is 9.15 Å². The highest BCUT2D eigenvalue weighted by molar-refractivity contribution is 7.10. The van der Waals surface area contributed by atoms with Crippen LogP contribution in [0.1, 0.15) is 11.0 Å². The topological polar surface area (TPSA) is 34.4 Å². The van der Waals surface area contributed by atoms with E-state index in [2.05, 4.69) is 16.8 Å². The number of hydrogen-bond donors (Lipinski definition) is 1. The van der Waals surface area contributed by atoms with Crippen LogP contribution in [0, 0.1) is 0 Å². The first-order valence-corrected chi connectivity index (χ1v) is 5.31. The van der Waals surface area contributed by atoms with Crippen LogP contribution < -0.4 is 10.1 Å². The van der Waals surface area contributed by atoms with Gasteiger partial charge in [-0.3, -0.25) is 0 Å². The lowest BCUT2D eigenvalue weighted by atomic mass is 10.2. The third-order valence-corrected chi connectivity index (χ3v) is 3.20. The van der Waals surface area contributed by atoms with Gasteiger partial charge in [0.25, 0.3) is 0 Å². The number of anilines is 1. The zero-order chi connectivity index (χ0) is 9.38. The van der Waals surface area contributed by atoms with Gasteiger partial charge >= 0.3 is 0 Å². The molecule has 3 rings (SSSR count). The summed E-state index contributed by atoms with van der Waals surface area (Å²) in [6.45, 7) is 0.799. The van der Waals surface area contributed by atoms with Crippen molar-refractivity contribution in [2.45, 2.75) is 6.10 Å². The quantitative estimate of drug-likeness (QED) is 0.780. The average Bonchev–Trinajstić information content (AvgIpc) is 2.88. The van der Waals surface area contributed by atoms with Crippen molar-refractivity contribution in [3.05, 3.63) is 34.9 Å². The highest BCUT2D eigenvalue weighted by Gasteiger charge is 2.22. The predicted octanol–water partition coefficient (Wildman–Crippen LogP) is 2.89. The standard InChI is InChI=1S/C10H9NO2S/c1-2-10(14-3-1)8-4-11-7-5-12-6-9(7)13-8/h1-3,5-6,8,11H,4H2. The predicted molar refractivity (Wildman–Crippen MR) is 54.9 cm³/mol. The lowest BCUT2D eigenvalue weighted by molar-refractivity contribution is 0.213. The number of furan rings is 1. The van der Waals surface area contributed by atoms with E-state index in [0.717, 1.165) is 18.0 Å². The molecule has 0 fully saturated rings. The van der Waals surface area contributed by atoms with Crippen LogP contribution >= 0.6 is 11.3 Å². The maximum absolute atomic E-state index is 5.77. The summed E-state index contributed by atoms with van der Waals surface area (Å²) in [5.74, 6) is 0.801. The van der Waals surface area contributed by atoms with Gasteiger partial charge in [0, 0.05) is 4.88 Å². The lowest BCUT2D eigenvalue weighted by Crippen LogP contribution is -2.21. The first-order chi connectivity index (χ1) is 6.93. The summed E-state index contributed by atoms with van der Waals surface area (Å²) in [5, 5.41) is 5.33. The molecule has 1 N–H and O–H groups in total. The summed E-state index contributed by atoms with van der Waals surface area (Å²) in [5.41, 5.74) is 0.942. The molecule has 0 saturated carbocycles. The van der Waals surface area contributed by atoms with Crippen LogP contribution in [0.3, 0.4) is 0 Å². The maximum Gasteiger partial charge on any atom is 0.181 e. The Bertz CT molecular complexity index is 421. The molecule has 0 radical (unpaired) electrons. The Morgan fingerprint density at radius 2 is 2.43 bits per heavy atom. The molecule has 1 aliphatic rings. The SMILES string of the molecule is c1csc(C2CNc3cocc3O2)c1. The molecule has 0 bridgehead atoms. The maximum atomic E-state index is 5.77. The Balaban J connectivity index is 1.88. The lowest BCUT2D eigenvalue weighted by Gasteiger charge is -2.23. The fourth-order valence-corrected chi connectivity index (χ4v) is 2.29. The van der Waals surface area contributed by atoms with Crippen molar-refractivity contribution >= 4 is 17.0 Å². The second kappa shape index (κ2) is 3.06. The van der Waals surface area contributed by atoms with Gasteiger partial charge < -0.3 is 14.5 Å². The molecule has 0 aliphatic carbocycles. The van der Waals surface area contributed by atoms with E-state index in [1.807, 2.05) is 6.07 Å². The normalized spacial score (nSPS) is 19.6. The molecule has 14 heavy (non-hydrogen) atoms. The van der Waals surface area contributed by atoms with Crippen molar-refractivity contribution in [2.75, 3.05) is 11.9 Å². The van der Waals surface area contributed by atoms with Crippen molar-refractivity contribution in [1.82, 2.24) is 0 Å². The van der Waals surface area contributed by atoms with Crippen LogP contribution in [-0.4, -0.2) is 6.54 Å². The Hall–Kier alpha value is -1.42. The van der Waals surface area contributed by atoms with E-state index >= 15 is 0 Å². The Morgan fingerprint density at radius 1 is 1.43 bits per heavy atom. The molecule has 1 atom stereocenters. The summed E-state index contributed by atoms with van der Waals surface area (Å²) in [7, 11) is 0. The number of ether oxygens (including phenoxy) is 1. The van der Waals surface area contributed by atoms with Gasteiger partial charge in [-0.2, -0.15) is 0 Å². The van der Waals surface area contributed by atoms with E-state index in [-0.39, 0.29) is 6.10 Å². The first kappa shape index (κ1) is 7.94. The Labute approximate surface area is 85.3 Å². The van der Waals surface area contributed by atoms with Gasteiger partial charge in [0.15, 0.2) is 11.9 Å². The van der Waals surface area contributed by atoms with Gasteiger partial charge in [-0.1, -0.05) is 6.07 Å². The van der Waals surface area contributed by atoms with E-state index < -0.39 is 0 Å². The van der Waals surface area contributed by atoms with E-state index in [4.69, 9.17) is 9.15 Å². The molecular formula is C10H9NO2S. The minimum absolute atomic E-state index is 0.111. The van der Waals surface area contributed by atoms with Crippen molar-refractivity contribution in [1.29, 1.82) is 0 Å². The number of rotatable bonds is 1. The molecule has 2 aromatic heterocycles. The van der Waals surface area contributed by atoms with E-state index in [1.165, 1.54) is 4.88 Å². The summed E-state index contributed by atoms with van der Waals surface area (Å²) in [6.07, 6.45) is 3.40. The second-order valence-electron chi connectivity index (χ2n) is 3.15. The Morgan fingerprint density at radius 3 is 3.29 bits per heavy atom. The molecule has 72 valence electrons. The van der Waals surface area contributed by atoms with E-state index in [1.54, 1.807) is 23.9 Å². The molecule has 3 heterocycles. The molecule has 2 aromatic rings. The molecule has 1 aliphatic heterocycles. The van der Waals surface area contributed by atoms with Gasteiger partial charge in [0.2, 0.25) is 0 Å². The zero-order valence-electron chi connectivity index (χ0n) is 7.40. The van der Waals surface area contributed by atoms with Crippen LogP contribution in [0.2, 0.25) is 0 Å². The van der Waals surface area contributed by atoms with Gasteiger partial charge in [-0.25, -0.2) is 0 Å². The van der Waals surface area contributed by atoms with Crippen LogP contribution in [0.25, 0.3) is 0 Å². The average molecular weight is 207 g/mol. The summed E-state index contributed by atoms with van der Waals surface area (Å²) in [4.78, 5) is 1.24. The summed E-state index contributed by atoms with van der Waals surface area (Å²) < 4.78 is 10.8. The molecular weight excluding hydrogens is 198 g/mol. The molecule has 0 aromatic carbocycles.